The summed E-state index contributed by atoms with van der Waals surface area (Å²) in [6.07, 6.45) is 1.05. The molecule has 1 aliphatic rings. The fourth-order valence-corrected chi connectivity index (χ4v) is 1.82. The molecule has 4 nitrogen and oxygen atoms in total. The molecule has 2 atom stereocenters. The highest BCUT2D eigenvalue weighted by Crippen LogP contribution is 2.10. The van der Waals surface area contributed by atoms with Crippen LogP contribution in [0.25, 0.3) is 0 Å². The van der Waals surface area contributed by atoms with Crippen molar-refractivity contribution in [3.63, 3.8) is 0 Å². The van der Waals surface area contributed by atoms with Crippen LogP contribution in [0.1, 0.15) is 34.1 Å². The highest BCUT2D eigenvalue weighted by Gasteiger charge is 2.20. The second kappa shape index (κ2) is 5.64. The number of hydrogen-bond acceptors (Lipinski definition) is 3. The lowest BCUT2D eigenvalue weighted by Crippen LogP contribution is -2.49. The smallest absolute Gasteiger partial charge is 0.246 e. The number of piperidine rings is 1. The topological polar surface area (TPSA) is 50.4 Å². The summed E-state index contributed by atoms with van der Waals surface area (Å²) in [5.41, 5.74) is -0.255. The summed E-state index contributed by atoms with van der Waals surface area (Å²) in [5, 5.41) is 6.30. The Bertz CT molecular complexity index is 236. The Morgan fingerprint density at radius 3 is 2.69 bits per heavy atom. The minimum absolute atomic E-state index is 0.0178. The summed E-state index contributed by atoms with van der Waals surface area (Å²) in [4.78, 5) is 11.6. The van der Waals surface area contributed by atoms with E-state index in [1.165, 1.54) is 0 Å². The molecule has 0 aromatic carbocycles. The van der Waals surface area contributed by atoms with Crippen LogP contribution in [0, 0.1) is 5.92 Å². The molecule has 0 aromatic heterocycles. The number of carbonyl (C=O) groups excluding carboxylic acids is 1. The number of rotatable bonds is 3. The number of hydrogen-bond donors (Lipinski definition) is 2. The monoisotopic (exact) mass is 228 g/mol. The van der Waals surface area contributed by atoms with Crippen molar-refractivity contribution in [3.8, 4) is 0 Å². The Hall–Kier alpha value is -0.610. The van der Waals surface area contributed by atoms with Gasteiger partial charge in [-0.25, -0.2) is 0 Å². The normalized spacial score (nSPS) is 26.5. The van der Waals surface area contributed by atoms with E-state index in [1.807, 2.05) is 20.8 Å². The van der Waals surface area contributed by atoms with Crippen LogP contribution < -0.4 is 10.6 Å². The summed E-state index contributed by atoms with van der Waals surface area (Å²) in [5.74, 6) is 0.610. The van der Waals surface area contributed by atoms with Gasteiger partial charge in [-0.1, -0.05) is 6.92 Å². The van der Waals surface area contributed by atoms with E-state index >= 15 is 0 Å². The molecule has 0 saturated carbocycles. The van der Waals surface area contributed by atoms with E-state index in [0.29, 0.717) is 5.92 Å². The molecule has 1 saturated heterocycles. The zero-order valence-corrected chi connectivity index (χ0v) is 10.8. The molecule has 2 unspecified atom stereocenters. The molecule has 1 heterocycles. The molecule has 0 bridgehead atoms. The van der Waals surface area contributed by atoms with Gasteiger partial charge in [0.2, 0.25) is 5.91 Å². The molecule has 4 heteroatoms. The third-order valence-electron chi connectivity index (χ3n) is 2.57. The van der Waals surface area contributed by atoms with E-state index in [4.69, 9.17) is 4.74 Å². The maximum absolute atomic E-state index is 11.6. The second-order valence-corrected chi connectivity index (χ2v) is 5.66. The minimum atomic E-state index is -0.255. The van der Waals surface area contributed by atoms with Crippen molar-refractivity contribution in [2.24, 2.45) is 5.92 Å². The SMILES string of the molecule is CC1CNCC(NC(=O)COC(C)(C)C)C1. The molecular formula is C12H24N2O2. The number of ether oxygens (including phenoxy) is 1. The standard InChI is InChI=1S/C12H24N2O2/c1-9-5-10(7-13-6-9)14-11(15)8-16-12(2,3)4/h9-10,13H,5-8H2,1-4H3,(H,14,15). The zero-order valence-electron chi connectivity index (χ0n) is 10.8. The number of carbonyl (C=O) groups is 1. The van der Waals surface area contributed by atoms with E-state index in [-0.39, 0.29) is 24.2 Å². The van der Waals surface area contributed by atoms with Crippen molar-refractivity contribution in [2.45, 2.75) is 45.8 Å². The van der Waals surface area contributed by atoms with Crippen LogP contribution in [-0.4, -0.2) is 37.2 Å². The van der Waals surface area contributed by atoms with Gasteiger partial charge in [0.15, 0.2) is 0 Å². The van der Waals surface area contributed by atoms with Crippen molar-refractivity contribution < 1.29 is 9.53 Å². The Kier molecular flexibility index (Phi) is 4.74. The van der Waals surface area contributed by atoms with Gasteiger partial charge in [0, 0.05) is 12.6 Å². The van der Waals surface area contributed by atoms with Gasteiger partial charge in [-0.05, 0) is 39.7 Å². The van der Waals surface area contributed by atoms with E-state index < -0.39 is 0 Å². The molecule has 16 heavy (non-hydrogen) atoms. The maximum atomic E-state index is 11.6. The average molecular weight is 228 g/mol. The van der Waals surface area contributed by atoms with Gasteiger partial charge < -0.3 is 15.4 Å². The molecule has 0 aromatic rings. The first-order valence-corrected chi connectivity index (χ1v) is 6.01. The average Bonchev–Trinajstić information content (AvgIpc) is 2.14. The van der Waals surface area contributed by atoms with Crippen LogP contribution in [0.4, 0.5) is 0 Å². The van der Waals surface area contributed by atoms with Gasteiger partial charge >= 0.3 is 0 Å². The largest absolute Gasteiger partial charge is 0.366 e. The van der Waals surface area contributed by atoms with Gasteiger partial charge in [0.1, 0.15) is 6.61 Å². The first-order chi connectivity index (χ1) is 7.37. The van der Waals surface area contributed by atoms with E-state index in [9.17, 15) is 4.79 Å². The third kappa shape index (κ3) is 5.47. The molecule has 0 spiro atoms. The van der Waals surface area contributed by atoms with Gasteiger partial charge in [0.25, 0.3) is 0 Å². The Balaban J connectivity index is 2.23. The summed E-state index contributed by atoms with van der Waals surface area (Å²) in [7, 11) is 0. The lowest BCUT2D eigenvalue weighted by atomic mass is 9.98. The molecule has 94 valence electrons. The number of nitrogens with one attached hydrogen (secondary N) is 2. The summed E-state index contributed by atoms with van der Waals surface area (Å²) >= 11 is 0. The van der Waals surface area contributed by atoms with Crippen molar-refractivity contribution in [1.82, 2.24) is 10.6 Å². The van der Waals surface area contributed by atoms with Crippen molar-refractivity contribution in [1.29, 1.82) is 0 Å². The minimum Gasteiger partial charge on any atom is -0.366 e. The van der Waals surface area contributed by atoms with Gasteiger partial charge in [-0.2, -0.15) is 0 Å². The van der Waals surface area contributed by atoms with E-state index in [1.54, 1.807) is 0 Å². The van der Waals surface area contributed by atoms with E-state index in [0.717, 1.165) is 19.5 Å². The molecular weight excluding hydrogens is 204 g/mol. The lowest BCUT2D eigenvalue weighted by Gasteiger charge is -2.29. The molecule has 1 rings (SSSR count). The van der Waals surface area contributed by atoms with Crippen LogP contribution in [-0.2, 0) is 9.53 Å². The van der Waals surface area contributed by atoms with Crippen LogP contribution in [0.2, 0.25) is 0 Å². The predicted molar refractivity (Wildman–Crippen MR) is 64.3 cm³/mol. The van der Waals surface area contributed by atoms with Crippen molar-refractivity contribution in [3.05, 3.63) is 0 Å². The highest BCUT2D eigenvalue weighted by molar-refractivity contribution is 5.77. The highest BCUT2D eigenvalue weighted by atomic mass is 16.5. The van der Waals surface area contributed by atoms with Crippen molar-refractivity contribution >= 4 is 5.91 Å². The molecule has 1 fully saturated rings. The summed E-state index contributed by atoms with van der Waals surface area (Å²) in [6, 6.07) is 0.250. The maximum Gasteiger partial charge on any atom is 0.246 e. The molecule has 1 aliphatic heterocycles. The Morgan fingerprint density at radius 2 is 2.12 bits per heavy atom. The number of amides is 1. The summed E-state index contributed by atoms with van der Waals surface area (Å²) < 4.78 is 5.43. The van der Waals surface area contributed by atoms with Gasteiger partial charge in [0.05, 0.1) is 5.60 Å². The fraction of sp³-hybridized carbons (Fsp3) is 0.917. The quantitative estimate of drug-likeness (QED) is 0.755. The Labute approximate surface area is 98.1 Å². The summed E-state index contributed by atoms with van der Waals surface area (Å²) in [6.45, 7) is 10.1. The fourth-order valence-electron chi connectivity index (χ4n) is 1.82. The molecule has 0 radical (unpaired) electrons. The first kappa shape index (κ1) is 13.5. The second-order valence-electron chi connectivity index (χ2n) is 5.66. The lowest BCUT2D eigenvalue weighted by molar-refractivity contribution is -0.131. The Morgan fingerprint density at radius 1 is 1.44 bits per heavy atom. The predicted octanol–water partition coefficient (Wildman–Crippen LogP) is 0.916. The van der Waals surface area contributed by atoms with Crippen LogP contribution >= 0.6 is 0 Å². The van der Waals surface area contributed by atoms with Gasteiger partial charge in [-0.3, -0.25) is 4.79 Å². The van der Waals surface area contributed by atoms with Crippen molar-refractivity contribution in [2.75, 3.05) is 19.7 Å². The van der Waals surface area contributed by atoms with Crippen LogP contribution in [0.3, 0.4) is 0 Å². The molecule has 2 N–H and O–H groups in total. The zero-order chi connectivity index (χ0) is 12.2. The van der Waals surface area contributed by atoms with Gasteiger partial charge in [-0.15, -0.1) is 0 Å². The third-order valence-corrected chi connectivity index (χ3v) is 2.57. The molecule has 1 amide bonds. The molecule has 0 aliphatic carbocycles. The van der Waals surface area contributed by atoms with Crippen LogP contribution in [0.5, 0.6) is 0 Å². The first-order valence-electron chi connectivity index (χ1n) is 6.01. The van der Waals surface area contributed by atoms with E-state index in [2.05, 4.69) is 17.6 Å². The van der Waals surface area contributed by atoms with Crippen LogP contribution in [0.15, 0.2) is 0 Å².